The summed E-state index contributed by atoms with van der Waals surface area (Å²) in [5.41, 5.74) is 1.70. The van der Waals surface area contributed by atoms with E-state index in [-0.39, 0.29) is 12.5 Å². The molecule has 146 valence electrons. The Kier molecular flexibility index (Phi) is 6.39. The minimum atomic E-state index is -0.131. The van der Waals surface area contributed by atoms with Gasteiger partial charge in [-0.2, -0.15) is 0 Å². The third-order valence-electron chi connectivity index (χ3n) is 4.41. The number of methoxy groups -OCH3 is 2. The van der Waals surface area contributed by atoms with Crippen molar-refractivity contribution < 1.29 is 14.3 Å². The summed E-state index contributed by atoms with van der Waals surface area (Å²) >= 11 is 6.01. The summed E-state index contributed by atoms with van der Waals surface area (Å²) in [5.74, 6) is 1.28. The maximum atomic E-state index is 12.4. The number of nitrogens with one attached hydrogen (secondary N) is 1. The summed E-state index contributed by atoms with van der Waals surface area (Å²) < 4.78 is 10.5. The molecule has 0 saturated carbocycles. The molecule has 0 atom stereocenters. The molecule has 6 heteroatoms. The summed E-state index contributed by atoms with van der Waals surface area (Å²) in [6.07, 6.45) is 0. The molecule has 5 nitrogen and oxygen atoms in total. The highest BCUT2D eigenvalue weighted by molar-refractivity contribution is 6.31. The molecule has 3 rings (SSSR count). The smallest absolute Gasteiger partial charge is 0.238 e. The van der Waals surface area contributed by atoms with E-state index in [1.807, 2.05) is 30.1 Å². The van der Waals surface area contributed by atoms with Gasteiger partial charge in [0.2, 0.25) is 5.91 Å². The molecule has 3 aromatic rings. The van der Waals surface area contributed by atoms with Crippen molar-refractivity contribution in [3.63, 3.8) is 0 Å². The third-order valence-corrected chi connectivity index (χ3v) is 4.65. The molecular formula is C22H23ClN2O3. The van der Waals surface area contributed by atoms with Gasteiger partial charge in [-0.15, -0.1) is 0 Å². The van der Waals surface area contributed by atoms with Crippen LogP contribution in [-0.2, 0) is 11.3 Å². The Balaban J connectivity index is 1.63. The quantitative estimate of drug-likeness (QED) is 0.632. The maximum absolute atomic E-state index is 12.4. The van der Waals surface area contributed by atoms with E-state index in [4.69, 9.17) is 21.1 Å². The molecule has 1 amide bonds. The molecule has 0 aliphatic heterocycles. The van der Waals surface area contributed by atoms with Gasteiger partial charge in [0.1, 0.15) is 11.5 Å². The van der Waals surface area contributed by atoms with Crippen molar-refractivity contribution in [1.29, 1.82) is 0 Å². The normalized spacial score (nSPS) is 10.9. The van der Waals surface area contributed by atoms with Crippen molar-refractivity contribution >= 4 is 34.0 Å². The molecule has 0 aromatic heterocycles. The van der Waals surface area contributed by atoms with Crippen LogP contribution in [0.1, 0.15) is 5.56 Å². The van der Waals surface area contributed by atoms with E-state index >= 15 is 0 Å². The fourth-order valence-corrected chi connectivity index (χ4v) is 3.25. The molecule has 0 spiro atoms. The number of amides is 1. The number of likely N-dealkylation sites (N-methyl/N-ethyl adjacent to an activating group) is 1. The number of carbonyl (C=O) groups is 1. The zero-order valence-electron chi connectivity index (χ0n) is 16.2. The molecule has 1 N–H and O–H groups in total. The van der Waals surface area contributed by atoms with Crippen molar-refractivity contribution in [3.05, 3.63) is 65.2 Å². The Hall–Kier alpha value is -2.76. The van der Waals surface area contributed by atoms with Crippen molar-refractivity contribution in [2.45, 2.75) is 6.54 Å². The molecule has 0 saturated heterocycles. The van der Waals surface area contributed by atoms with E-state index in [2.05, 4.69) is 23.5 Å². The Bertz CT molecular complexity index is 991. The van der Waals surface area contributed by atoms with Crippen molar-refractivity contribution in [1.82, 2.24) is 4.90 Å². The fourth-order valence-electron chi connectivity index (χ4n) is 3.08. The lowest BCUT2D eigenvalue weighted by atomic mass is 10.1. The third kappa shape index (κ3) is 4.94. The van der Waals surface area contributed by atoms with Crippen LogP contribution in [0.3, 0.4) is 0 Å². The fraction of sp³-hybridized carbons (Fsp3) is 0.227. The van der Waals surface area contributed by atoms with Gasteiger partial charge in [-0.25, -0.2) is 0 Å². The average Bonchev–Trinajstić information content (AvgIpc) is 2.67. The second kappa shape index (κ2) is 8.95. The Morgan fingerprint density at radius 1 is 1.00 bits per heavy atom. The highest BCUT2D eigenvalue weighted by Crippen LogP contribution is 2.27. The first-order chi connectivity index (χ1) is 13.5. The zero-order valence-corrected chi connectivity index (χ0v) is 16.9. The van der Waals surface area contributed by atoms with Crippen LogP contribution >= 0.6 is 11.6 Å². The van der Waals surface area contributed by atoms with Crippen LogP contribution in [0.25, 0.3) is 10.8 Å². The van der Waals surface area contributed by atoms with Gasteiger partial charge in [0.05, 0.1) is 26.5 Å². The summed E-state index contributed by atoms with van der Waals surface area (Å²) in [6.45, 7) is 0.901. The first-order valence-electron chi connectivity index (χ1n) is 8.87. The zero-order chi connectivity index (χ0) is 20.1. The molecule has 0 radical (unpaired) electrons. The van der Waals surface area contributed by atoms with Gasteiger partial charge in [-0.3, -0.25) is 9.69 Å². The number of nitrogens with zero attached hydrogens (tertiary/aromatic N) is 1. The van der Waals surface area contributed by atoms with Crippen molar-refractivity contribution in [3.8, 4) is 11.5 Å². The molecule has 0 bridgehead atoms. The van der Waals surface area contributed by atoms with Crippen LogP contribution in [0.5, 0.6) is 11.5 Å². The molecule has 28 heavy (non-hydrogen) atoms. The molecule has 0 aliphatic rings. The van der Waals surface area contributed by atoms with Crippen LogP contribution in [0, 0.1) is 0 Å². The molecule has 0 unspecified atom stereocenters. The Morgan fingerprint density at radius 2 is 1.75 bits per heavy atom. The van der Waals surface area contributed by atoms with Gasteiger partial charge < -0.3 is 14.8 Å². The van der Waals surface area contributed by atoms with Gasteiger partial charge in [0, 0.05) is 11.6 Å². The number of ether oxygens (including phenoxy) is 2. The summed E-state index contributed by atoms with van der Waals surface area (Å²) in [6, 6.07) is 17.4. The number of rotatable bonds is 7. The average molecular weight is 399 g/mol. The topological polar surface area (TPSA) is 50.8 Å². The molecular weight excluding hydrogens is 376 g/mol. The summed E-state index contributed by atoms with van der Waals surface area (Å²) in [5, 5.41) is 5.66. The van der Waals surface area contributed by atoms with E-state index in [1.54, 1.807) is 32.4 Å². The molecule has 0 fully saturated rings. The number of hydrogen-bond acceptors (Lipinski definition) is 4. The van der Waals surface area contributed by atoms with Crippen LogP contribution < -0.4 is 14.8 Å². The number of hydrogen-bond donors (Lipinski definition) is 1. The lowest BCUT2D eigenvalue weighted by molar-refractivity contribution is -0.117. The van der Waals surface area contributed by atoms with E-state index in [1.165, 1.54) is 0 Å². The lowest BCUT2D eigenvalue weighted by Gasteiger charge is -2.17. The lowest BCUT2D eigenvalue weighted by Crippen LogP contribution is -2.29. The molecule has 0 heterocycles. The predicted molar refractivity (Wildman–Crippen MR) is 113 cm³/mol. The molecule has 0 aliphatic carbocycles. The van der Waals surface area contributed by atoms with E-state index in [9.17, 15) is 4.79 Å². The maximum Gasteiger partial charge on any atom is 0.238 e. The SMILES string of the molecule is COc1ccc2cc(CN(C)CC(=O)Nc3cc(Cl)ccc3OC)ccc2c1. The first kappa shape index (κ1) is 20.0. The monoisotopic (exact) mass is 398 g/mol. The number of anilines is 1. The predicted octanol–water partition coefficient (Wildman–Crippen LogP) is 4.58. The largest absolute Gasteiger partial charge is 0.497 e. The van der Waals surface area contributed by atoms with Gasteiger partial charge in [-0.05, 0) is 59.8 Å². The Labute approximate surface area is 169 Å². The van der Waals surface area contributed by atoms with E-state index in [0.717, 1.165) is 22.1 Å². The standard InChI is InChI=1S/C22H23ClN2O3/c1-25(14-22(26)24-20-12-18(23)7-9-21(20)28-3)13-15-4-5-17-11-19(27-2)8-6-16(17)10-15/h4-12H,13-14H2,1-3H3,(H,24,26). The number of halogens is 1. The second-order valence-electron chi connectivity index (χ2n) is 6.61. The summed E-state index contributed by atoms with van der Waals surface area (Å²) in [7, 11) is 5.13. The van der Waals surface area contributed by atoms with Gasteiger partial charge in [-0.1, -0.05) is 29.8 Å². The Morgan fingerprint density at radius 3 is 2.50 bits per heavy atom. The van der Waals surface area contributed by atoms with Gasteiger partial charge in [0.15, 0.2) is 0 Å². The number of fused-ring (bicyclic) bond motifs is 1. The van der Waals surface area contributed by atoms with Crippen LogP contribution in [0.15, 0.2) is 54.6 Å². The van der Waals surface area contributed by atoms with Crippen LogP contribution in [0.4, 0.5) is 5.69 Å². The highest BCUT2D eigenvalue weighted by Gasteiger charge is 2.11. The van der Waals surface area contributed by atoms with Crippen molar-refractivity contribution in [2.24, 2.45) is 0 Å². The van der Waals surface area contributed by atoms with E-state index in [0.29, 0.717) is 23.0 Å². The molecule has 3 aromatic carbocycles. The number of carbonyl (C=O) groups excluding carboxylic acids is 1. The highest BCUT2D eigenvalue weighted by atomic mass is 35.5. The second-order valence-corrected chi connectivity index (χ2v) is 7.05. The van der Waals surface area contributed by atoms with Gasteiger partial charge >= 0.3 is 0 Å². The van der Waals surface area contributed by atoms with Crippen LogP contribution in [0.2, 0.25) is 5.02 Å². The number of benzene rings is 3. The van der Waals surface area contributed by atoms with Crippen molar-refractivity contribution in [2.75, 3.05) is 33.1 Å². The minimum Gasteiger partial charge on any atom is -0.497 e. The first-order valence-corrected chi connectivity index (χ1v) is 9.25. The van der Waals surface area contributed by atoms with Crippen LogP contribution in [-0.4, -0.2) is 38.6 Å². The van der Waals surface area contributed by atoms with Gasteiger partial charge in [0.25, 0.3) is 0 Å². The van der Waals surface area contributed by atoms with E-state index < -0.39 is 0 Å². The summed E-state index contributed by atoms with van der Waals surface area (Å²) in [4.78, 5) is 14.4. The minimum absolute atomic E-state index is 0.131.